The highest BCUT2D eigenvalue weighted by atomic mass is 16.4. The number of carboxylic acid groups (broad SMARTS) is 2. The second-order valence-corrected chi connectivity index (χ2v) is 15.8. The highest BCUT2D eigenvalue weighted by molar-refractivity contribution is 5.68. The van der Waals surface area contributed by atoms with Gasteiger partial charge in [0, 0.05) is 12.8 Å². The molecule has 0 aliphatic carbocycles. The number of unbranched alkanes of at least 4 members (excludes halogenated alkanes) is 24. The molecular weight excluding hydrogens is 634 g/mol. The summed E-state index contributed by atoms with van der Waals surface area (Å²) in [6.07, 6.45) is 45.6. The maximum absolute atomic E-state index is 12.0. The van der Waals surface area contributed by atoms with Crippen LogP contribution < -0.4 is 0 Å². The third-order valence-corrected chi connectivity index (χ3v) is 11.2. The van der Waals surface area contributed by atoms with Crippen LogP contribution in [0.15, 0.2) is 24.3 Å². The van der Waals surface area contributed by atoms with E-state index in [0.29, 0.717) is 11.0 Å². The molecular formula is C45H86NO5+. The molecule has 0 amide bonds. The molecule has 0 aromatic rings. The Morgan fingerprint density at radius 1 is 0.471 bits per heavy atom. The Balaban J connectivity index is 4.54. The smallest absolute Gasteiger partial charge is 0.309 e. The molecule has 0 aliphatic rings. The molecule has 0 saturated heterocycles. The Kier molecular flexibility index (Phi) is 35.5. The van der Waals surface area contributed by atoms with E-state index >= 15 is 0 Å². The van der Waals surface area contributed by atoms with E-state index in [4.69, 9.17) is 0 Å². The lowest BCUT2D eigenvalue weighted by Gasteiger charge is -2.47. The van der Waals surface area contributed by atoms with Crippen molar-refractivity contribution in [3.8, 4) is 0 Å². The van der Waals surface area contributed by atoms with Crippen LogP contribution in [0.25, 0.3) is 0 Å². The molecule has 0 saturated carbocycles. The minimum Gasteiger partial charge on any atom is -0.481 e. The molecule has 0 spiro atoms. The Hall–Kier alpha value is -1.66. The Labute approximate surface area is 316 Å². The summed E-state index contributed by atoms with van der Waals surface area (Å²) in [6.45, 7) is 4.86. The summed E-state index contributed by atoms with van der Waals surface area (Å²) in [4.78, 5) is 24.0. The largest absolute Gasteiger partial charge is 0.481 e. The van der Waals surface area contributed by atoms with Gasteiger partial charge in [-0.15, -0.1) is 0 Å². The number of likely N-dealkylation sites (N-methyl/N-ethyl adjacent to an activating group) is 1. The molecule has 0 aliphatic heterocycles. The molecule has 300 valence electrons. The van der Waals surface area contributed by atoms with Gasteiger partial charge in [0.2, 0.25) is 0 Å². The van der Waals surface area contributed by atoms with Crippen molar-refractivity contribution in [3.63, 3.8) is 0 Å². The van der Waals surface area contributed by atoms with Gasteiger partial charge < -0.3 is 19.8 Å². The first-order valence-corrected chi connectivity index (χ1v) is 22.0. The lowest BCUT2D eigenvalue weighted by molar-refractivity contribution is -0.956. The molecule has 3 N–H and O–H groups in total. The predicted molar refractivity (Wildman–Crippen MR) is 218 cm³/mol. The van der Waals surface area contributed by atoms with Gasteiger partial charge in [-0.05, 0) is 64.2 Å². The average molecular weight is 721 g/mol. The summed E-state index contributed by atoms with van der Waals surface area (Å²) in [7, 11) is 2.01. The molecule has 0 fully saturated rings. The first kappa shape index (κ1) is 49.3. The van der Waals surface area contributed by atoms with E-state index in [1.807, 2.05) is 7.05 Å². The zero-order chi connectivity index (χ0) is 37.7. The van der Waals surface area contributed by atoms with Gasteiger partial charge in [-0.1, -0.05) is 154 Å². The number of allylic oxidation sites excluding steroid dienone is 4. The number of hydrogen-bond donors (Lipinski definition) is 3. The highest BCUT2D eigenvalue weighted by Gasteiger charge is 2.41. The van der Waals surface area contributed by atoms with E-state index in [1.54, 1.807) is 0 Å². The number of carbonyl (C=O) groups is 2. The summed E-state index contributed by atoms with van der Waals surface area (Å²) >= 11 is 0. The SMILES string of the molecule is CCCCCCCC/C=C\CCCCCCCC[C@H](CC(=O)O)[N+](C)(CCO)[C@@H](CCCCCCCC/C=C\CCCCCCCC)CC(=O)O. The first-order valence-electron chi connectivity index (χ1n) is 22.0. The highest BCUT2D eigenvalue weighted by Crippen LogP contribution is 2.29. The summed E-state index contributed by atoms with van der Waals surface area (Å²) in [5, 5.41) is 29.8. The van der Waals surface area contributed by atoms with Gasteiger partial charge in [-0.25, -0.2) is 0 Å². The van der Waals surface area contributed by atoms with Gasteiger partial charge in [0.15, 0.2) is 0 Å². The lowest BCUT2D eigenvalue weighted by atomic mass is 9.93. The van der Waals surface area contributed by atoms with E-state index in [2.05, 4.69) is 38.2 Å². The molecule has 0 aromatic heterocycles. The summed E-state index contributed by atoms with van der Waals surface area (Å²) in [5.74, 6) is -1.67. The van der Waals surface area contributed by atoms with Gasteiger partial charge in [0.25, 0.3) is 0 Å². The van der Waals surface area contributed by atoms with Crippen molar-refractivity contribution in [1.29, 1.82) is 0 Å². The van der Waals surface area contributed by atoms with Gasteiger partial charge in [0.1, 0.15) is 6.54 Å². The van der Waals surface area contributed by atoms with Gasteiger partial charge >= 0.3 is 11.9 Å². The number of aliphatic hydroxyl groups is 1. The number of quaternary nitrogens is 1. The van der Waals surface area contributed by atoms with Crippen LogP contribution in [-0.4, -0.2) is 64.0 Å². The third kappa shape index (κ3) is 30.5. The monoisotopic (exact) mass is 721 g/mol. The molecule has 0 heterocycles. The minimum absolute atomic E-state index is 0.0189. The van der Waals surface area contributed by atoms with Crippen molar-refractivity contribution >= 4 is 11.9 Å². The van der Waals surface area contributed by atoms with E-state index < -0.39 is 11.9 Å². The van der Waals surface area contributed by atoms with Crippen molar-refractivity contribution in [2.45, 2.75) is 231 Å². The average Bonchev–Trinajstić information content (AvgIpc) is 3.10. The standard InChI is InChI=1S/C45H85NO5/c1-4-6-8-10-12-14-16-18-20-22-24-26-28-30-32-34-36-42(40-44(48)49)46(3,38-39-47)43(41-45(50)51)37-35-33-31-29-27-25-23-21-19-17-15-13-11-9-7-5-2/h18-21,42-43,47H,4-17,22-41H2,1-3H3,(H-,48,49,50,51)/p+1/b20-18-,21-19-/t42-,43+,46?. The number of hydrogen-bond acceptors (Lipinski definition) is 3. The van der Waals surface area contributed by atoms with Crippen LogP contribution >= 0.6 is 0 Å². The maximum Gasteiger partial charge on any atom is 0.309 e. The van der Waals surface area contributed by atoms with Gasteiger partial charge in [0.05, 0.1) is 38.6 Å². The molecule has 0 aromatic carbocycles. The summed E-state index contributed by atoms with van der Waals surface area (Å²) < 4.78 is 0.339. The molecule has 6 nitrogen and oxygen atoms in total. The zero-order valence-electron chi connectivity index (χ0n) is 34.1. The summed E-state index contributed by atoms with van der Waals surface area (Å²) in [6, 6.07) is -0.380. The van der Waals surface area contributed by atoms with Crippen LogP contribution in [0, 0.1) is 0 Å². The number of aliphatic hydroxyl groups excluding tert-OH is 1. The van der Waals surface area contributed by atoms with Crippen LogP contribution in [0.4, 0.5) is 0 Å². The minimum atomic E-state index is -0.835. The molecule has 3 atom stereocenters. The first-order chi connectivity index (χ1) is 24.8. The van der Waals surface area contributed by atoms with Crippen molar-refractivity contribution in [3.05, 3.63) is 24.3 Å². The zero-order valence-corrected chi connectivity index (χ0v) is 34.1. The molecule has 0 radical (unpaired) electrons. The Morgan fingerprint density at radius 2 is 0.745 bits per heavy atom. The number of rotatable bonds is 40. The normalized spacial score (nSPS) is 14.4. The molecule has 0 bridgehead atoms. The number of carboxylic acids is 2. The second-order valence-electron chi connectivity index (χ2n) is 15.8. The van der Waals surface area contributed by atoms with Gasteiger partial charge in [-0.3, -0.25) is 9.59 Å². The fourth-order valence-corrected chi connectivity index (χ4v) is 7.75. The topological polar surface area (TPSA) is 94.8 Å². The molecule has 6 heteroatoms. The van der Waals surface area contributed by atoms with Crippen molar-refractivity contribution in [2.24, 2.45) is 0 Å². The van der Waals surface area contributed by atoms with Crippen molar-refractivity contribution < 1.29 is 29.4 Å². The second kappa shape index (κ2) is 36.7. The van der Waals surface area contributed by atoms with Crippen LogP contribution in [0.2, 0.25) is 0 Å². The fourth-order valence-electron chi connectivity index (χ4n) is 7.75. The number of aliphatic carboxylic acids is 2. The predicted octanol–water partition coefficient (Wildman–Crippen LogP) is 13.0. The van der Waals surface area contributed by atoms with Crippen molar-refractivity contribution in [1.82, 2.24) is 0 Å². The van der Waals surface area contributed by atoms with Crippen LogP contribution in [0.1, 0.15) is 219 Å². The van der Waals surface area contributed by atoms with Crippen LogP contribution in [0.3, 0.4) is 0 Å². The van der Waals surface area contributed by atoms with E-state index in [-0.39, 0.29) is 31.5 Å². The lowest BCUT2D eigenvalue weighted by Crippen LogP contribution is -2.61. The molecule has 1 unspecified atom stereocenters. The van der Waals surface area contributed by atoms with E-state index in [9.17, 15) is 24.9 Å². The molecule has 0 rings (SSSR count). The fraction of sp³-hybridized carbons (Fsp3) is 0.867. The van der Waals surface area contributed by atoms with Gasteiger partial charge in [-0.2, -0.15) is 0 Å². The quantitative estimate of drug-likeness (QED) is 0.0333. The summed E-state index contributed by atoms with van der Waals surface area (Å²) in [5.41, 5.74) is 0. The molecule has 51 heavy (non-hydrogen) atoms. The van der Waals surface area contributed by atoms with E-state index in [0.717, 1.165) is 64.2 Å². The maximum atomic E-state index is 12.0. The van der Waals surface area contributed by atoms with Crippen LogP contribution in [0.5, 0.6) is 0 Å². The Bertz CT molecular complexity index is 778. The van der Waals surface area contributed by atoms with Crippen molar-refractivity contribution in [2.75, 3.05) is 20.2 Å². The Morgan fingerprint density at radius 3 is 1.02 bits per heavy atom. The van der Waals surface area contributed by atoms with Crippen LogP contribution in [-0.2, 0) is 9.59 Å². The number of nitrogens with zero attached hydrogens (tertiary/aromatic N) is 1. The van der Waals surface area contributed by atoms with E-state index in [1.165, 1.54) is 128 Å². The third-order valence-electron chi connectivity index (χ3n) is 11.2.